The molecule has 1 N–H and O–H groups in total. The summed E-state index contributed by atoms with van der Waals surface area (Å²) < 4.78 is 5.31. The zero-order chi connectivity index (χ0) is 12.8. The molecule has 2 nitrogen and oxygen atoms in total. The van der Waals surface area contributed by atoms with E-state index in [0.29, 0.717) is 6.61 Å². The summed E-state index contributed by atoms with van der Waals surface area (Å²) in [6, 6.07) is 0. The fraction of sp³-hybridized carbons (Fsp3) is 1.00. The summed E-state index contributed by atoms with van der Waals surface area (Å²) in [7, 11) is 0. The number of halogens is 1. The van der Waals surface area contributed by atoms with Crippen molar-refractivity contribution in [3.8, 4) is 0 Å². The first-order valence-electron chi connectivity index (χ1n) is 7.13. The first-order chi connectivity index (χ1) is 8.31. The van der Waals surface area contributed by atoms with Gasteiger partial charge in [0.15, 0.2) is 0 Å². The first kappa shape index (κ1) is 17.2. The summed E-state index contributed by atoms with van der Waals surface area (Å²) in [6.45, 7) is 3.38. The standard InChI is InChI=1S/C14H29ClO2/c1-2-3-4-5-6-7-8-9-10-11-17-13-14(16)12-15/h14,16H,2-13H2,1H3. The van der Waals surface area contributed by atoms with Crippen LogP contribution in [0.25, 0.3) is 0 Å². The molecule has 0 aliphatic rings. The van der Waals surface area contributed by atoms with Crippen molar-refractivity contribution in [2.45, 2.75) is 70.8 Å². The van der Waals surface area contributed by atoms with E-state index in [-0.39, 0.29) is 5.88 Å². The topological polar surface area (TPSA) is 29.5 Å². The van der Waals surface area contributed by atoms with Gasteiger partial charge in [-0.25, -0.2) is 0 Å². The van der Waals surface area contributed by atoms with Crippen molar-refractivity contribution in [3.05, 3.63) is 0 Å². The Morgan fingerprint density at radius 3 is 2.00 bits per heavy atom. The highest BCUT2D eigenvalue weighted by Crippen LogP contribution is 2.09. The molecular formula is C14H29ClO2. The Morgan fingerprint density at radius 1 is 0.941 bits per heavy atom. The molecule has 0 aromatic heterocycles. The average molecular weight is 265 g/mol. The molecule has 0 aromatic rings. The fourth-order valence-electron chi connectivity index (χ4n) is 1.78. The van der Waals surface area contributed by atoms with Crippen molar-refractivity contribution in [1.82, 2.24) is 0 Å². The number of ether oxygens (including phenoxy) is 1. The van der Waals surface area contributed by atoms with E-state index in [2.05, 4.69) is 6.92 Å². The molecule has 0 aliphatic heterocycles. The van der Waals surface area contributed by atoms with Gasteiger partial charge in [-0.3, -0.25) is 0 Å². The monoisotopic (exact) mass is 264 g/mol. The van der Waals surface area contributed by atoms with Crippen LogP contribution in [0.1, 0.15) is 64.7 Å². The maximum atomic E-state index is 9.14. The predicted molar refractivity (Wildman–Crippen MR) is 74.8 cm³/mol. The van der Waals surface area contributed by atoms with Gasteiger partial charge in [-0.2, -0.15) is 0 Å². The van der Waals surface area contributed by atoms with Crippen LogP contribution in [0.5, 0.6) is 0 Å². The lowest BCUT2D eigenvalue weighted by Crippen LogP contribution is -2.17. The van der Waals surface area contributed by atoms with Crippen LogP contribution in [0.2, 0.25) is 0 Å². The Labute approximate surface area is 112 Å². The number of hydrogen-bond acceptors (Lipinski definition) is 2. The van der Waals surface area contributed by atoms with Gasteiger partial charge in [0.05, 0.1) is 18.6 Å². The summed E-state index contributed by atoms with van der Waals surface area (Å²) in [5.74, 6) is 0.262. The molecule has 17 heavy (non-hydrogen) atoms. The maximum Gasteiger partial charge on any atom is 0.0908 e. The van der Waals surface area contributed by atoms with Crippen LogP contribution in [0.3, 0.4) is 0 Å². The Hall–Kier alpha value is 0.210. The highest BCUT2D eigenvalue weighted by atomic mass is 35.5. The summed E-state index contributed by atoms with van der Waals surface area (Å²) in [5.41, 5.74) is 0. The van der Waals surface area contributed by atoms with Crippen molar-refractivity contribution in [2.24, 2.45) is 0 Å². The van der Waals surface area contributed by atoms with Crippen molar-refractivity contribution in [3.63, 3.8) is 0 Å². The van der Waals surface area contributed by atoms with Crippen molar-refractivity contribution >= 4 is 11.6 Å². The molecule has 0 fully saturated rings. The first-order valence-corrected chi connectivity index (χ1v) is 7.66. The van der Waals surface area contributed by atoms with Gasteiger partial charge in [0.25, 0.3) is 0 Å². The normalized spacial score (nSPS) is 12.9. The number of unbranched alkanes of at least 4 members (excludes halogenated alkanes) is 8. The Bertz CT molecular complexity index is 142. The van der Waals surface area contributed by atoms with Gasteiger partial charge in [0.2, 0.25) is 0 Å². The largest absolute Gasteiger partial charge is 0.389 e. The van der Waals surface area contributed by atoms with Gasteiger partial charge in [-0.1, -0.05) is 58.3 Å². The van der Waals surface area contributed by atoms with E-state index in [1.54, 1.807) is 0 Å². The van der Waals surface area contributed by atoms with Gasteiger partial charge in [0, 0.05) is 6.61 Å². The highest BCUT2D eigenvalue weighted by molar-refractivity contribution is 6.18. The van der Waals surface area contributed by atoms with Crippen LogP contribution in [0.15, 0.2) is 0 Å². The average Bonchev–Trinajstić information content (AvgIpc) is 2.35. The second kappa shape index (κ2) is 14.3. The van der Waals surface area contributed by atoms with Gasteiger partial charge in [0.1, 0.15) is 0 Å². The third-order valence-electron chi connectivity index (χ3n) is 2.88. The predicted octanol–water partition coefficient (Wildman–Crippen LogP) is 4.13. The molecular weight excluding hydrogens is 236 g/mol. The lowest BCUT2D eigenvalue weighted by molar-refractivity contribution is 0.0461. The molecule has 1 unspecified atom stereocenters. The molecule has 0 rings (SSSR count). The summed E-state index contributed by atoms with van der Waals surface area (Å²) in [5, 5.41) is 9.14. The van der Waals surface area contributed by atoms with Crippen LogP contribution in [-0.4, -0.2) is 30.3 Å². The molecule has 3 heteroatoms. The second-order valence-electron chi connectivity index (χ2n) is 4.71. The summed E-state index contributed by atoms with van der Waals surface area (Å²) >= 11 is 5.46. The SMILES string of the molecule is CCCCCCCCCCCOCC(O)CCl. The van der Waals surface area contributed by atoms with E-state index < -0.39 is 6.10 Å². The molecule has 1 atom stereocenters. The van der Waals surface area contributed by atoms with Crippen LogP contribution < -0.4 is 0 Å². The molecule has 0 saturated carbocycles. The van der Waals surface area contributed by atoms with E-state index in [1.807, 2.05) is 0 Å². The number of aliphatic hydroxyl groups is 1. The molecule has 0 amide bonds. The lowest BCUT2D eigenvalue weighted by atomic mass is 10.1. The minimum Gasteiger partial charge on any atom is -0.389 e. The van der Waals surface area contributed by atoms with Crippen molar-refractivity contribution in [1.29, 1.82) is 0 Å². The zero-order valence-corrected chi connectivity index (χ0v) is 12.1. The zero-order valence-electron chi connectivity index (χ0n) is 11.3. The molecule has 0 aliphatic carbocycles. The Balaban J connectivity index is 2.94. The van der Waals surface area contributed by atoms with Gasteiger partial charge in [-0.05, 0) is 6.42 Å². The molecule has 0 radical (unpaired) electrons. The van der Waals surface area contributed by atoms with Crippen molar-refractivity contribution in [2.75, 3.05) is 19.1 Å². The summed E-state index contributed by atoms with van der Waals surface area (Å²) in [6.07, 6.45) is 11.4. The second-order valence-corrected chi connectivity index (χ2v) is 5.02. The highest BCUT2D eigenvalue weighted by Gasteiger charge is 2.00. The van der Waals surface area contributed by atoms with E-state index in [1.165, 1.54) is 51.4 Å². The number of aliphatic hydroxyl groups excluding tert-OH is 1. The van der Waals surface area contributed by atoms with Gasteiger partial charge < -0.3 is 9.84 Å². The molecule has 0 bridgehead atoms. The molecule has 0 heterocycles. The Morgan fingerprint density at radius 2 is 1.47 bits per heavy atom. The lowest BCUT2D eigenvalue weighted by Gasteiger charge is -2.07. The Kier molecular flexibility index (Phi) is 14.4. The number of alkyl halides is 1. The fourth-order valence-corrected chi connectivity index (χ4v) is 1.87. The van der Waals surface area contributed by atoms with Crippen molar-refractivity contribution < 1.29 is 9.84 Å². The molecule has 0 aromatic carbocycles. The van der Waals surface area contributed by atoms with Crippen LogP contribution in [0, 0.1) is 0 Å². The van der Waals surface area contributed by atoms with Gasteiger partial charge >= 0.3 is 0 Å². The molecule has 0 saturated heterocycles. The minimum absolute atomic E-state index is 0.262. The number of rotatable bonds is 13. The van der Waals surface area contributed by atoms with Crippen LogP contribution in [-0.2, 0) is 4.74 Å². The maximum absolute atomic E-state index is 9.14. The van der Waals surface area contributed by atoms with Crippen LogP contribution in [0.4, 0.5) is 0 Å². The third kappa shape index (κ3) is 14.1. The third-order valence-corrected chi connectivity index (χ3v) is 3.24. The van der Waals surface area contributed by atoms with Crippen LogP contribution >= 0.6 is 11.6 Å². The molecule has 104 valence electrons. The van der Waals surface area contributed by atoms with E-state index in [0.717, 1.165) is 13.0 Å². The van der Waals surface area contributed by atoms with E-state index in [9.17, 15) is 0 Å². The molecule has 0 spiro atoms. The summed E-state index contributed by atoms with van der Waals surface area (Å²) in [4.78, 5) is 0. The number of hydrogen-bond donors (Lipinski definition) is 1. The van der Waals surface area contributed by atoms with E-state index >= 15 is 0 Å². The van der Waals surface area contributed by atoms with Gasteiger partial charge in [-0.15, -0.1) is 11.6 Å². The smallest absolute Gasteiger partial charge is 0.0908 e. The quantitative estimate of drug-likeness (QED) is 0.400. The van der Waals surface area contributed by atoms with E-state index in [4.69, 9.17) is 21.4 Å². The minimum atomic E-state index is -0.504.